The third-order valence-electron chi connectivity index (χ3n) is 4.72. The third-order valence-corrected chi connectivity index (χ3v) is 5.95. The Morgan fingerprint density at radius 2 is 2.20 bits per heavy atom. The molecule has 1 N–H and O–H groups in total. The smallest absolute Gasteiger partial charge is 0.307 e. The van der Waals surface area contributed by atoms with Crippen molar-refractivity contribution in [3.8, 4) is 0 Å². The fourth-order valence-corrected chi connectivity index (χ4v) is 4.27. The Labute approximate surface area is 156 Å². The Kier molecular flexibility index (Phi) is 5.61. The van der Waals surface area contributed by atoms with E-state index in [1.807, 2.05) is 43.0 Å². The molecule has 2 heterocycles. The second kappa shape index (κ2) is 7.72. The predicted molar refractivity (Wildman–Crippen MR) is 101 cm³/mol. The van der Waals surface area contributed by atoms with Crippen LogP contribution in [-0.2, 0) is 11.3 Å². The number of piperazine rings is 1. The minimum absolute atomic E-state index is 0.00880. The molecule has 1 amide bonds. The van der Waals surface area contributed by atoms with Crippen molar-refractivity contribution in [2.75, 3.05) is 19.6 Å². The highest BCUT2D eigenvalue weighted by Crippen LogP contribution is 2.25. The zero-order valence-corrected chi connectivity index (χ0v) is 16.0. The molecule has 0 radical (unpaired) electrons. The van der Waals surface area contributed by atoms with Gasteiger partial charge in [-0.3, -0.25) is 9.59 Å². The van der Waals surface area contributed by atoms with Gasteiger partial charge in [0.25, 0.3) is 0 Å². The number of rotatable bonds is 4. The van der Waals surface area contributed by atoms with Crippen LogP contribution in [0.3, 0.4) is 0 Å². The lowest BCUT2D eigenvalue weighted by Gasteiger charge is -2.36. The predicted octanol–water partition coefficient (Wildman–Crippen LogP) is 2.74. The van der Waals surface area contributed by atoms with Gasteiger partial charge in [-0.1, -0.05) is 35.1 Å². The molecule has 0 aliphatic carbocycles. The molecule has 1 atom stereocenters. The van der Waals surface area contributed by atoms with Crippen LogP contribution in [-0.4, -0.2) is 35.0 Å². The lowest BCUT2D eigenvalue weighted by Crippen LogP contribution is -2.48. The molecule has 134 valence electrons. The van der Waals surface area contributed by atoms with Crippen LogP contribution < -0.4 is 10.2 Å². The zero-order chi connectivity index (χ0) is 18.0. The number of carbonyl (C=O) groups excluding carboxylic acids is 1. The minimum atomic E-state index is -0.0259. The summed E-state index contributed by atoms with van der Waals surface area (Å²) in [5.74, 6) is 0.0710. The number of benzene rings is 1. The number of amides is 1. The van der Waals surface area contributed by atoms with Crippen molar-refractivity contribution < 1.29 is 4.79 Å². The summed E-state index contributed by atoms with van der Waals surface area (Å²) < 4.78 is 1.70. The fraction of sp³-hybridized carbons (Fsp3) is 0.444. The molecule has 1 aromatic carbocycles. The molecule has 7 heteroatoms. The number of aryl methyl sites for hydroxylation is 1. The summed E-state index contributed by atoms with van der Waals surface area (Å²) in [5.41, 5.74) is 1.99. The second-order valence-corrected chi connectivity index (χ2v) is 7.88. The number of nitrogens with one attached hydrogen (secondary N) is 1. The van der Waals surface area contributed by atoms with E-state index in [1.54, 1.807) is 4.57 Å². The summed E-state index contributed by atoms with van der Waals surface area (Å²) in [5, 5.41) is 4.02. The Balaban J connectivity index is 1.74. The fourth-order valence-electron chi connectivity index (χ4n) is 3.21. The van der Waals surface area contributed by atoms with Crippen LogP contribution in [0.1, 0.15) is 28.6 Å². The standard InChI is InChI=1S/C18H22ClN3O2S/c1-12-13(2)25-18(24)21(12)8-6-17(23)22-9-7-20-11-16(22)14-4-3-5-15(19)10-14/h3-5,10,16,20H,6-9,11H2,1-2H3. The van der Waals surface area contributed by atoms with E-state index in [9.17, 15) is 9.59 Å². The molecule has 1 aliphatic heterocycles. The first-order valence-electron chi connectivity index (χ1n) is 8.40. The van der Waals surface area contributed by atoms with E-state index in [0.717, 1.165) is 22.7 Å². The van der Waals surface area contributed by atoms with E-state index < -0.39 is 0 Å². The van der Waals surface area contributed by atoms with Gasteiger partial charge in [-0.2, -0.15) is 0 Å². The van der Waals surface area contributed by atoms with Crippen LogP contribution in [0.25, 0.3) is 0 Å². The molecule has 25 heavy (non-hydrogen) atoms. The average Bonchev–Trinajstić information content (AvgIpc) is 2.85. The zero-order valence-electron chi connectivity index (χ0n) is 14.4. The first kappa shape index (κ1) is 18.2. The molecule has 0 spiro atoms. The number of aromatic nitrogens is 1. The second-order valence-electron chi connectivity index (χ2n) is 6.27. The van der Waals surface area contributed by atoms with E-state index in [-0.39, 0.29) is 16.8 Å². The van der Waals surface area contributed by atoms with Crippen molar-refractivity contribution in [3.05, 3.63) is 55.1 Å². The summed E-state index contributed by atoms with van der Waals surface area (Å²) in [6.07, 6.45) is 0.327. The van der Waals surface area contributed by atoms with E-state index >= 15 is 0 Å². The molecule has 1 aliphatic rings. The normalized spacial score (nSPS) is 17.7. The Morgan fingerprint density at radius 1 is 1.40 bits per heavy atom. The van der Waals surface area contributed by atoms with Gasteiger partial charge in [0.05, 0.1) is 6.04 Å². The third kappa shape index (κ3) is 3.97. The van der Waals surface area contributed by atoms with Crippen LogP contribution in [0.2, 0.25) is 5.02 Å². The maximum Gasteiger partial charge on any atom is 0.307 e. The molecule has 5 nitrogen and oxygen atoms in total. The van der Waals surface area contributed by atoms with E-state index in [1.165, 1.54) is 11.3 Å². The van der Waals surface area contributed by atoms with Gasteiger partial charge in [-0.15, -0.1) is 0 Å². The summed E-state index contributed by atoms with van der Waals surface area (Å²) in [7, 11) is 0. The number of thiazole rings is 1. The van der Waals surface area contributed by atoms with Crippen molar-refractivity contribution >= 4 is 28.8 Å². The summed E-state index contributed by atoms with van der Waals surface area (Å²) in [4.78, 5) is 27.8. The number of hydrogen-bond donors (Lipinski definition) is 1. The first-order chi connectivity index (χ1) is 12.0. The van der Waals surface area contributed by atoms with E-state index in [0.29, 0.717) is 31.1 Å². The molecule has 1 saturated heterocycles. The molecule has 1 aromatic heterocycles. The van der Waals surface area contributed by atoms with Crippen molar-refractivity contribution in [2.45, 2.75) is 32.9 Å². The quantitative estimate of drug-likeness (QED) is 0.888. The van der Waals surface area contributed by atoms with Crippen LogP contribution in [0, 0.1) is 13.8 Å². The van der Waals surface area contributed by atoms with Crippen LogP contribution >= 0.6 is 22.9 Å². The van der Waals surface area contributed by atoms with Crippen molar-refractivity contribution in [3.63, 3.8) is 0 Å². The van der Waals surface area contributed by atoms with Gasteiger partial charge in [-0.25, -0.2) is 0 Å². The average molecular weight is 380 g/mol. The van der Waals surface area contributed by atoms with Crippen LogP contribution in [0.5, 0.6) is 0 Å². The maximum absolute atomic E-state index is 12.8. The summed E-state index contributed by atoms with van der Waals surface area (Å²) >= 11 is 7.35. The molecule has 3 rings (SSSR count). The van der Waals surface area contributed by atoms with Crippen molar-refractivity contribution in [2.24, 2.45) is 0 Å². The molecular weight excluding hydrogens is 358 g/mol. The number of hydrogen-bond acceptors (Lipinski definition) is 4. The van der Waals surface area contributed by atoms with Gasteiger partial charge in [0, 0.05) is 48.2 Å². The monoisotopic (exact) mass is 379 g/mol. The highest BCUT2D eigenvalue weighted by Gasteiger charge is 2.27. The Bertz CT molecular complexity index is 830. The van der Waals surface area contributed by atoms with Gasteiger partial charge in [-0.05, 0) is 31.5 Å². The van der Waals surface area contributed by atoms with E-state index in [4.69, 9.17) is 11.6 Å². The van der Waals surface area contributed by atoms with Crippen molar-refractivity contribution in [1.82, 2.24) is 14.8 Å². The highest BCUT2D eigenvalue weighted by molar-refractivity contribution is 7.09. The van der Waals surface area contributed by atoms with Gasteiger partial charge in [0.15, 0.2) is 0 Å². The molecule has 1 fully saturated rings. The molecule has 1 unspecified atom stereocenters. The molecular formula is C18H22ClN3O2S. The SMILES string of the molecule is Cc1sc(=O)n(CCC(=O)N2CCNCC2c2cccc(Cl)c2)c1C. The minimum Gasteiger partial charge on any atom is -0.333 e. The topological polar surface area (TPSA) is 54.3 Å². The molecule has 0 bridgehead atoms. The van der Waals surface area contributed by atoms with Crippen LogP contribution in [0.15, 0.2) is 29.1 Å². The lowest BCUT2D eigenvalue weighted by molar-refractivity contribution is -0.134. The van der Waals surface area contributed by atoms with Crippen LogP contribution in [0.4, 0.5) is 0 Å². The number of halogens is 1. The van der Waals surface area contributed by atoms with Gasteiger partial charge in [0.1, 0.15) is 0 Å². The Morgan fingerprint density at radius 3 is 2.88 bits per heavy atom. The van der Waals surface area contributed by atoms with Gasteiger partial charge >= 0.3 is 4.87 Å². The summed E-state index contributed by atoms with van der Waals surface area (Å²) in [6.45, 7) is 6.44. The number of carbonyl (C=O) groups is 1. The van der Waals surface area contributed by atoms with E-state index in [2.05, 4.69) is 5.32 Å². The Hall–Kier alpha value is -1.63. The largest absolute Gasteiger partial charge is 0.333 e. The molecule has 0 saturated carbocycles. The molecule has 2 aromatic rings. The number of nitrogens with zero attached hydrogens (tertiary/aromatic N) is 2. The first-order valence-corrected chi connectivity index (χ1v) is 9.59. The highest BCUT2D eigenvalue weighted by atomic mass is 35.5. The van der Waals surface area contributed by atoms with Crippen molar-refractivity contribution in [1.29, 1.82) is 0 Å². The van der Waals surface area contributed by atoms with Gasteiger partial charge < -0.3 is 14.8 Å². The summed E-state index contributed by atoms with van der Waals surface area (Å²) in [6, 6.07) is 7.63. The lowest BCUT2D eigenvalue weighted by atomic mass is 10.0. The van der Waals surface area contributed by atoms with Gasteiger partial charge in [0.2, 0.25) is 5.91 Å². The maximum atomic E-state index is 12.8.